The Morgan fingerprint density at radius 1 is 1.10 bits per heavy atom. The van der Waals surface area contributed by atoms with Crippen LogP contribution in [0.15, 0.2) is 67.0 Å². The Balaban J connectivity index is 1.26. The lowest BCUT2D eigenvalue weighted by atomic mass is 10.0. The van der Waals surface area contributed by atoms with Crippen molar-refractivity contribution in [2.45, 2.75) is 25.9 Å². The monoisotopic (exact) mass is 404 g/mol. The fourth-order valence-corrected chi connectivity index (χ4v) is 3.35. The van der Waals surface area contributed by atoms with Gasteiger partial charge in [0.1, 0.15) is 23.7 Å². The highest BCUT2D eigenvalue weighted by Crippen LogP contribution is 2.41. The fraction of sp³-hybridized carbons (Fsp3) is 0.250. The molecular formula is C24H24N2O4. The summed E-state index contributed by atoms with van der Waals surface area (Å²) in [6.07, 6.45) is 4.18. The van der Waals surface area contributed by atoms with Crippen LogP contribution in [0.1, 0.15) is 29.8 Å². The predicted octanol–water partition coefficient (Wildman–Crippen LogP) is 4.40. The Labute approximate surface area is 175 Å². The number of aromatic nitrogens is 1. The van der Waals surface area contributed by atoms with Crippen LogP contribution >= 0.6 is 0 Å². The average Bonchev–Trinajstić information content (AvgIpc) is 3.07. The van der Waals surface area contributed by atoms with E-state index in [-0.39, 0.29) is 11.5 Å². The molecule has 0 radical (unpaired) electrons. The van der Waals surface area contributed by atoms with Crippen molar-refractivity contribution in [3.05, 3.63) is 78.1 Å². The zero-order chi connectivity index (χ0) is 21.0. The predicted molar refractivity (Wildman–Crippen MR) is 113 cm³/mol. The second kappa shape index (κ2) is 8.45. The number of ether oxygens (including phenoxy) is 3. The van der Waals surface area contributed by atoms with E-state index in [1.807, 2.05) is 18.2 Å². The number of nitrogens with one attached hydrogen (secondary N) is 1. The van der Waals surface area contributed by atoms with E-state index in [4.69, 9.17) is 14.2 Å². The van der Waals surface area contributed by atoms with Gasteiger partial charge in [0.05, 0.1) is 12.7 Å². The summed E-state index contributed by atoms with van der Waals surface area (Å²) in [6, 6.07) is 16.5. The second-order valence-corrected chi connectivity index (χ2v) is 7.70. The number of carbonyl (C=O) groups excluding carboxylic acids is 1. The molecule has 1 aromatic heterocycles. The van der Waals surface area contributed by atoms with Crippen LogP contribution in [-0.2, 0) is 6.42 Å². The lowest BCUT2D eigenvalue weighted by Crippen LogP contribution is -2.28. The standard InChI is InChI=1S/C24H24N2O4/c1-24(2)15-18-5-3-7-21(22(18)30-24)28-14-13-26-23(27)17-8-10-19(11-9-17)29-20-6-4-12-25-16-20/h3-12,16H,13-15H2,1-2H3,(H,26,27). The van der Waals surface area contributed by atoms with Crippen LogP contribution in [0.5, 0.6) is 23.0 Å². The number of benzene rings is 2. The van der Waals surface area contributed by atoms with E-state index < -0.39 is 0 Å². The van der Waals surface area contributed by atoms with Gasteiger partial charge in [-0.2, -0.15) is 0 Å². The molecule has 2 aromatic carbocycles. The van der Waals surface area contributed by atoms with Crippen molar-refractivity contribution >= 4 is 5.91 Å². The van der Waals surface area contributed by atoms with Gasteiger partial charge in [0.25, 0.3) is 5.91 Å². The number of hydrogen-bond donors (Lipinski definition) is 1. The van der Waals surface area contributed by atoms with Gasteiger partial charge in [-0.1, -0.05) is 12.1 Å². The van der Waals surface area contributed by atoms with Crippen LogP contribution in [0, 0.1) is 0 Å². The molecule has 30 heavy (non-hydrogen) atoms. The number of carbonyl (C=O) groups is 1. The van der Waals surface area contributed by atoms with Crippen LogP contribution in [0.3, 0.4) is 0 Å². The zero-order valence-corrected chi connectivity index (χ0v) is 17.1. The third-order valence-corrected chi connectivity index (χ3v) is 4.69. The van der Waals surface area contributed by atoms with E-state index in [2.05, 4.69) is 30.2 Å². The first-order chi connectivity index (χ1) is 14.5. The lowest BCUT2D eigenvalue weighted by molar-refractivity contribution is 0.0946. The van der Waals surface area contributed by atoms with Gasteiger partial charge in [-0.3, -0.25) is 9.78 Å². The summed E-state index contributed by atoms with van der Waals surface area (Å²) in [5.41, 5.74) is 1.48. The molecule has 2 heterocycles. The number of hydrogen-bond acceptors (Lipinski definition) is 5. The summed E-state index contributed by atoms with van der Waals surface area (Å²) < 4.78 is 17.5. The summed E-state index contributed by atoms with van der Waals surface area (Å²) in [7, 11) is 0. The van der Waals surface area contributed by atoms with Gasteiger partial charge in [-0.05, 0) is 56.3 Å². The van der Waals surface area contributed by atoms with E-state index in [1.54, 1.807) is 42.7 Å². The normalized spacial score (nSPS) is 13.8. The molecule has 1 aliphatic heterocycles. The molecule has 0 spiro atoms. The summed E-state index contributed by atoms with van der Waals surface area (Å²) >= 11 is 0. The number of fused-ring (bicyclic) bond motifs is 1. The van der Waals surface area contributed by atoms with Gasteiger partial charge in [0.15, 0.2) is 11.5 Å². The summed E-state index contributed by atoms with van der Waals surface area (Å²) in [5, 5.41) is 2.87. The first-order valence-corrected chi connectivity index (χ1v) is 9.90. The molecule has 0 saturated carbocycles. The molecule has 0 bridgehead atoms. The van der Waals surface area contributed by atoms with Crippen LogP contribution < -0.4 is 19.5 Å². The number of para-hydroxylation sites is 1. The van der Waals surface area contributed by atoms with Crippen molar-refractivity contribution < 1.29 is 19.0 Å². The smallest absolute Gasteiger partial charge is 0.251 e. The van der Waals surface area contributed by atoms with Gasteiger partial charge >= 0.3 is 0 Å². The minimum Gasteiger partial charge on any atom is -0.488 e. The van der Waals surface area contributed by atoms with E-state index in [0.717, 1.165) is 17.7 Å². The number of rotatable bonds is 7. The highest BCUT2D eigenvalue weighted by Gasteiger charge is 2.32. The molecule has 154 valence electrons. The van der Waals surface area contributed by atoms with Gasteiger partial charge in [0.2, 0.25) is 0 Å². The van der Waals surface area contributed by atoms with Crippen LogP contribution in [0.25, 0.3) is 0 Å². The molecule has 0 aliphatic carbocycles. The second-order valence-electron chi connectivity index (χ2n) is 7.70. The van der Waals surface area contributed by atoms with E-state index >= 15 is 0 Å². The van der Waals surface area contributed by atoms with Crippen LogP contribution in [0.4, 0.5) is 0 Å². The molecule has 4 rings (SSSR count). The van der Waals surface area contributed by atoms with E-state index in [9.17, 15) is 4.79 Å². The Morgan fingerprint density at radius 2 is 1.93 bits per heavy atom. The Hall–Kier alpha value is -3.54. The molecule has 6 nitrogen and oxygen atoms in total. The maximum absolute atomic E-state index is 12.4. The summed E-state index contributed by atoms with van der Waals surface area (Å²) in [4.78, 5) is 16.4. The van der Waals surface area contributed by atoms with E-state index in [1.165, 1.54) is 0 Å². The van der Waals surface area contributed by atoms with Crippen LogP contribution in [0.2, 0.25) is 0 Å². The van der Waals surface area contributed by atoms with E-state index in [0.29, 0.717) is 36.0 Å². The first kappa shape index (κ1) is 19.8. The minimum atomic E-state index is -0.219. The Kier molecular flexibility index (Phi) is 5.57. The fourth-order valence-electron chi connectivity index (χ4n) is 3.35. The van der Waals surface area contributed by atoms with Gasteiger partial charge < -0.3 is 19.5 Å². The molecule has 1 amide bonds. The molecule has 3 aromatic rings. The topological polar surface area (TPSA) is 69.7 Å². The average molecular weight is 404 g/mol. The van der Waals surface area contributed by atoms with Gasteiger partial charge in [-0.25, -0.2) is 0 Å². The third kappa shape index (κ3) is 4.71. The third-order valence-electron chi connectivity index (χ3n) is 4.69. The highest BCUT2D eigenvalue weighted by molar-refractivity contribution is 5.94. The number of amides is 1. The van der Waals surface area contributed by atoms with Crippen molar-refractivity contribution in [1.29, 1.82) is 0 Å². The molecular weight excluding hydrogens is 380 g/mol. The first-order valence-electron chi connectivity index (χ1n) is 9.90. The molecule has 0 fully saturated rings. The summed E-state index contributed by atoms with van der Waals surface area (Å²) in [6.45, 7) is 4.86. The maximum Gasteiger partial charge on any atom is 0.251 e. The van der Waals surface area contributed by atoms with Crippen molar-refractivity contribution in [3.8, 4) is 23.0 Å². The number of pyridine rings is 1. The molecule has 0 atom stereocenters. The van der Waals surface area contributed by atoms with Crippen molar-refractivity contribution in [2.75, 3.05) is 13.2 Å². The quantitative estimate of drug-likeness (QED) is 0.591. The lowest BCUT2D eigenvalue weighted by Gasteiger charge is -2.18. The van der Waals surface area contributed by atoms with Crippen molar-refractivity contribution in [3.63, 3.8) is 0 Å². The van der Waals surface area contributed by atoms with Crippen LogP contribution in [-0.4, -0.2) is 29.6 Å². The highest BCUT2D eigenvalue weighted by atomic mass is 16.5. The SMILES string of the molecule is CC1(C)Cc2cccc(OCCNC(=O)c3ccc(Oc4cccnc4)cc3)c2O1. The molecule has 1 N–H and O–H groups in total. The van der Waals surface area contributed by atoms with Gasteiger partial charge in [0, 0.05) is 23.7 Å². The van der Waals surface area contributed by atoms with Crippen molar-refractivity contribution in [2.24, 2.45) is 0 Å². The molecule has 6 heteroatoms. The maximum atomic E-state index is 12.4. The van der Waals surface area contributed by atoms with Gasteiger partial charge in [-0.15, -0.1) is 0 Å². The van der Waals surface area contributed by atoms with Crippen molar-refractivity contribution in [1.82, 2.24) is 10.3 Å². The minimum absolute atomic E-state index is 0.165. The largest absolute Gasteiger partial charge is 0.488 e. The summed E-state index contributed by atoms with van der Waals surface area (Å²) in [5.74, 6) is 2.64. The Morgan fingerprint density at radius 3 is 2.70 bits per heavy atom. The molecule has 0 saturated heterocycles. The molecule has 0 unspecified atom stereocenters. The number of nitrogens with zero attached hydrogens (tertiary/aromatic N) is 1. The zero-order valence-electron chi connectivity index (χ0n) is 17.1. The molecule has 1 aliphatic rings. The Bertz CT molecular complexity index is 1020.